The van der Waals surface area contributed by atoms with Gasteiger partial charge in [-0.25, -0.2) is 57.1 Å². The molecule has 0 amide bonds. The molecule has 9 aromatic rings. The summed E-state index contributed by atoms with van der Waals surface area (Å²) >= 11 is 0.695. The molecule has 0 bridgehead atoms. The summed E-state index contributed by atoms with van der Waals surface area (Å²) in [5.74, 6) is -6.06. The zero-order chi connectivity index (χ0) is 115. The fraction of sp³-hybridized carbons (Fsp3) is 0.583. The molecule has 0 unspecified atom stereocenters. The first-order valence-electron chi connectivity index (χ1n) is 53.5. The topological polar surface area (TPSA) is 415 Å². The van der Waals surface area contributed by atoms with Gasteiger partial charge < -0.3 is 76.1 Å². The number of hydrogen-bond acceptors (Lipinski definition) is 30. The van der Waals surface area contributed by atoms with E-state index in [9.17, 15) is 59.1 Å². The van der Waals surface area contributed by atoms with E-state index in [0.29, 0.717) is 11.8 Å². The summed E-state index contributed by atoms with van der Waals surface area (Å²) in [6, 6.07) is -17.8. The van der Waals surface area contributed by atoms with Crippen LogP contribution in [0.25, 0.3) is 33.5 Å². The monoisotopic (exact) mass is 1600 g/mol. The predicted molar refractivity (Wildman–Crippen MR) is 398 cm³/mol. The third-order valence-electron chi connectivity index (χ3n) is 16.1. The van der Waals surface area contributed by atoms with Crippen LogP contribution in [-0.4, -0.2) is 250 Å². The lowest BCUT2D eigenvalue weighted by Crippen LogP contribution is -2.33. The van der Waals surface area contributed by atoms with Gasteiger partial charge in [-0.1, -0.05) is 108 Å². The van der Waals surface area contributed by atoms with Crippen molar-refractivity contribution in [3.8, 4) is 0 Å². The van der Waals surface area contributed by atoms with E-state index in [-0.39, 0.29) is 126 Å². The first-order valence-corrected chi connectivity index (χ1v) is 34.5. The van der Waals surface area contributed by atoms with Gasteiger partial charge in [0.2, 0.25) is 0 Å². The maximum absolute atomic E-state index is 14.7. The van der Waals surface area contributed by atoms with Crippen LogP contribution in [0.2, 0.25) is 0 Å². The first-order chi connectivity index (χ1) is 68.1. The van der Waals surface area contributed by atoms with Gasteiger partial charge in [-0.05, 0) is 111 Å². The van der Waals surface area contributed by atoms with Gasteiger partial charge in [0.15, 0.2) is 66.4 Å². The van der Waals surface area contributed by atoms with E-state index >= 15 is 0 Å². The quantitative estimate of drug-likeness (QED) is 0.0168. The first kappa shape index (κ1) is 41.4. The summed E-state index contributed by atoms with van der Waals surface area (Å²) < 4.78 is 414. The standard InChI is InChI=1S/3C24H31FN6O4S/c3*1-3-8-36-24-27-22(26-16-10-14(16)13-5-4-12(2)15(25)9-13)19-23(28-24)31(30-29-19)17-11-18(35-7-6-32)21(34)20(17)33/h3*4-5,9,14,16-18,20-21,32-34H,3,6-8,10-11H2,1-2H3,(H,26,27,28)/t3*14-,16+,17+,18-,20-,21+/m000/s1/i4D,5D,6D2,7D2,8D2,9D,11D2,17D,18D,20D,21D;3D2,4D,5D,6D2,8D2,9D,11D2,17D,18D,20D,21D;3D2,4D,5D,8D2,9D,11D2,17D,18D,20D,21D. The van der Waals surface area contributed by atoms with Crippen molar-refractivity contribution in [3.63, 3.8) is 0 Å². The number of fused-ring (bicyclic) bond motifs is 3. The van der Waals surface area contributed by atoms with E-state index in [1.54, 1.807) is 0 Å². The van der Waals surface area contributed by atoms with E-state index < -0.39 is 306 Å². The van der Waals surface area contributed by atoms with Gasteiger partial charge in [-0.3, -0.25) is 0 Å². The number of nitrogens with zero attached hydrogens (tertiary/aromatic N) is 15. The Bertz CT molecular complexity index is 6840. The summed E-state index contributed by atoms with van der Waals surface area (Å²) in [7, 11) is 0. The van der Waals surface area contributed by atoms with Crippen molar-refractivity contribution in [3.05, 3.63) is 105 Å². The molecule has 582 valence electrons. The van der Waals surface area contributed by atoms with Gasteiger partial charge in [-0.2, -0.15) is 0 Å². The number of rotatable bonds is 30. The van der Waals surface area contributed by atoms with Crippen LogP contribution in [0.1, 0.15) is 206 Å². The zero-order valence-corrected chi connectivity index (χ0v) is 59.2. The number of anilines is 3. The predicted octanol–water partition coefficient (Wildman–Crippen LogP) is 6.55. The Morgan fingerprint density at radius 2 is 0.833 bits per heavy atom. The smallest absolute Gasteiger partial charge is 0.191 e. The number of aliphatic hydroxyl groups excluding tert-OH is 1. The fourth-order valence-corrected chi connectivity index (χ4v) is 12.0. The van der Waals surface area contributed by atoms with Crippen LogP contribution in [0, 0.1) is 38.2 Å². The Hall–Kier alpha value is -7.14. The normalized spacial score (nSPS) is 44.0. The lowest BCUT2D eigenvalue weighted by molar-refractivity contribution is -0.0629. The highest BCUT2D eigenvalue weighted by atomic mass is 32.2. The van der Waals surface area contributed by atoms with Crippen LogP contribution in [0.15, 0.2) is 69.9 Å². The number of thioether (sulfide) groups is 3. The zero-order valence-electron chi connectivity index (χ0n) is 99.7. The molecule has 15 rings (SSSR count). The number of benzene rings is 3. The third-order valence-corrected chi connectivity index (χ3v) is 18.2. The molecule has 30 nitrogen and oxygen atoms in total. The van der Waals surface area contributed by atoms with Crippen molar-refractivity contribution in [2.24, 2.45) is 0 Å². The maximum atomic E-state index is 14.7. The van der Waals surface area contributed by atoms with Gasteiger partial charge >= 0.3 is 0 Å². The Morgan fingerprint density at radius 1 is 0.491 bits per heavy atom. The largest absolute Gasteiger partial charge is 0.394 e. The molecule has 36 heteroatoms. The summed E-state index contributed by atoms with van der Waals surface area (Å²) in [6.45, 7) is -7.48. The molecule has 6 fully saturated rings. The maximum Gasteiger partial charge on any atom is 0.191 e. The van der Waals surface area contributed by atoms with Crippen molar-refractivity contribution >= 4 is 86.2 Å². The molecule has 18 atom stereocenters. The van der Waals surface area contributed by atoms with E-state index in [1.807, 2.05) is 0 Å². The summed E-state index contributed by atoms with van der Waals surface area (Å²) in [5.41, 5.74) is -11.9. The minimum Gasteiger partial charge on any atom is -0.394 e. The molecule has 6 heterocycles. The second kappa shape index (κ2) is 35.1. The second-order valence-electron chi connectivity index (χ2n) is 23.4. The molecule has 0 aliphatic heterocycles. The van der Waals surface area contributed by atoms with E-state index in [0.717, 1.165) is 13.8 Å². The highest BCUT2D eigenvalue weighted by Gasteiger charge is 2.49. The van der Waals surface area contributed by atoms with Crippen LogP contribution < -0.4 is 16.0 Å². The Kier molecular flexibility index (Phi) is 13.4. The van der Waals surface area contributed by atoms with Crippen LogP contribution in [0.3, 0.4) is 0 Å². The van der Waals surface area contributed by atoms with Crippen LogP contribution in [0.4, 0.5) is 30.6 Å². The summed E-state index contributed by atoms with van der Waals surface area (Å²) in [4.78, 5) is 24.9. The molecule has 6 aliphatic rings. The number of aromatic nitrogens is 15. The number of ether oxygens (including phenoxy) is 3. The lowest BCUT2D eigenvalue weighted by Gasteiger charge is -2.17. The van der Waals surface area contributed by atoms with Crippen LogP contribution >= 0.6 is 35.3 Å². The third kappa shape index (κ3) is 17.5. The molecule has 6 aromatic heterocycles. The van der Waals surface area contributed by atoms with Gasteiger partial charge in [0.05, 0.1) is 113 Å². The highest BCUT2D eigenvalue weighted by Crippen LogP contribution is 2.48. The van der Waals surface area contributed by atoms with Gasteiger partial charge in [0.25, 0.3) is 0 Å². The highest BCUT2D eigenvalue weighted by molar-refractivity contribution is 7.99. The Morgan fingerprint density at radius 3 is 1.16 bits per heavy atom. The fourth-order valence-electron chi connectivity index (χ4n) is 10.5. The number of aliphatic hydroxyl groups is 9. The molecule has 0 radical (unpaired) electrons. The van der Waals surface area contributed by atoms with Crippen LogP contribution in [0.5, 0.6) is 0 Å². The molecule has 6 aliphatic carbocycles. The number of halogens is 3. The number of hydrogen-bond donors (Lipinski definition) is 12. The van der Waals surface area contributed by atoms with E-state index in [2.05, 4.69) is 81.5 Å². The average molecular weight is 1600 g/mol. The van der Waals surface area contributed by atoms with Crippen molar-refractivity contribution in [2.45, 2.75) is 223 Å². The van der Waals surface area contributed by atoms with E-state index in [4.69, 9.17) is 68.4 Å². The van der Waals surface area contributed by atoms with Crippen LogP contribution in [-0.2, 0) is 14.2 Å². The molecule has 108 heavy (non-hydrogen) atoms. The average Bonchev–Trinajstić information content (AvgIpc) is 1.49. The second-order valence-corrected chi connectivity index (χ2v) is 25.8. The molecule has 3 aromatic carbocycles. The summed E-state index contributed by atoms with van der Waals surface area (Å²) in [5, 5.41) is 125. The van der Waals surface area contributed by atoms with Gasteiger partial charge in [0, 0.05) is 94.0 Å². The Labute approximate surface area is 693 Å². The lowest BCUT2D eigenvalue weighted by atomic mass is 10.1. The minimum atomic E-state index is -4.35. The molecule has 0 saturated heterocycles. The van der Waals surface area contributed by atoms with Gasteiger partial charge in [0.1, 0.15) is 53.9 Å². The molecular formula is C72H93F3N18O12S3. The molecule has 6 saturated carbocycles. The SMILES string of the molecule is [2H]c1c([2H])c([C@@H]2C[C@H]2Nc2nc(SC([2H])([2H])C([2H])([2H])C)nc3c2nnn3[C@]2([2H])C([2H])([2H])[C@]([2H])(OCC([2H])([2H])O)[C@@]([2H])(O)[C@@]2([2H])O)c([2H])c(F)c1C.[2H]c1c([2H])c([C@@H]2C[C@H]2Nc2nc(SC([2H])([2H])C([2H])([2H])C)nc3c2nnn3[C@]2([2H])C([2H])([2H])[C@]([2H])(OCCO)[C@@]([2H])(O)[C@@]2([2H])O)c([2H])c(F)c1C.[2H]c1c([2H])c([C@@H]2C[C@H]2Nc2nc(SC([2H])([2H])CC)nc3c2nnn3[C@]2([2H])C([2H])([2H])[C@]([2H])(OC([2H])([2H])C([2H])([2H])O)[C@@]([2H])(O)[C@@]2([2H])O)c([2H])c(F)c1C. The molecule has 0 spiro atoms. The molecular weight excluding hydrogens is 1460 g/mol. The van der Waals surface area contributed by atoms with Gasteiger partial charge in [-0.15, -0.1) is 15.3 Å². The number of nitrogens with one attached hydrogen (secondary N) is 3. The van der Waals surface area contributed by atoms with Crippen molar-refractivity contribution < 1.29 is 132 Å². The van der Waals surface area contributed by atoms with E-state index in [1.165, 1.54) is 27.7 Å². The molecule has 12 N–H and O–H groups in total. The Balaban J connectivity index is 0.000000189. The van der Waals surface area contributed by atoms with Crippen molar-refractivity contribution in [2.75, 3.05) is 72.6 Å². The summed E-state index contributed by atoms with van der Waals surface area (Å²) in [6.07, 6.45) is -53.0. The van der Waals surface area contributed by atoms with Crippen molar-refractivity contribution in [1.82, 2.24) is 74.9 Å². The van der Waals surface area contributed by atoms with Crippen molar-refractivity contribution in [1.29, 1.82) is 0 Å². The minimum absolute atomic E-state index is 0.0717.